The molecule has 0 radical (unpaired) electrons. The van der Waals surface area contributed by atoms with Crippen molar-refractivity contribution in [3.63, 3.8) is 0 Å². The Morgan fingerprint density at radius 2 is 1.50 bits per heavy atom. The molecule has 0 aliphatic carbocycles. The van der Waals surface area contributed by atoms with Crippen molar-refractivity contribution in [2.24, 2.45) is 11.1 Å². The molecule has 0 saturated heterocycles. The topological polar surface area (TPSA) is 29.3 Å². The highest BCUT2D eigenvalue weighted by Crippen LogP contribution is 2.36. The van der Waals surface area contributed by atoms with Gasteiger partial charge >= 0.3 is 0 Å². The molecule has 0 aromatic heterocycles. The highest BCUT2D eigenvalue weighted by molar-refractivity contribution is 4.92. The third-order valence-corrected chi connectivity index (χ3v) is 3.54. The fourth-order valence-corrected chi connectivity index (χ4v) is 1.27. The zero-order chi connectivity index (χ0) is 9.99. The summed E-state index contributed by atoms with van der Waals surface area (Å²) < 4.78 is 0. The van der Waals surface area contributed by atoms with Crippen molar-refractivity contribution < 1.29 is 0 Å². The zero-order valence-corrected chi connectivity index (χ0v) is 9.44. The molecule has 0 unspecified atom stereocenters. The highest BCUT2D eigenvalue weighted by atomic mass is 15.1. The van der Waals surface area contributed by atoms with Crippen molar-refractivity contribution in [2.75, 3.05) is 20.6 Å². The maximum absolute atomic E-state index is 5.59. The largest absolute Gasteiger partial charge is 0.330 e. The molecule has 0 amide bonds. The van der Waals surface area contributed by atoms with Crippen LogP contribution in [0, 0.1) is 5.41 Å². The van der Waals surface area contributed by atoms with E-state index in [4.69, 9.17) is 5.73 Å². The van der Waals surface area contributed by atoms with Crippen LogP contribution in [-0.2, 0) is 0 Å². The summed E-state index contributed by atoms with van der Waals surface area (Å²) >= 11 is 0. The third-order valence-electron chi connectivity index (χ3n) is 3.54. The molecule has 0 aliphatic heterocycles. The monoisotopic (exact) mass is 172 g/mol. The number of nitrogens with zero attached hydrogens (tertiary/aromatic N) is 1. The lowest BCUT2D eigenvalue weighted by molar-refractivity contribution is 0.0457. The Kier molecular flexibility index (Phi) is 3.73. The van der Waals surface area contributed by atoms with Gasteiger partial charge in [0.15, 0.2) is 0 Å². The summed E-state index contributed by atoms with van der Waals surface area (Å²) in [6, 6.07) is 0. The summed E-state index contributed by atoms with van der Waals surface area (Å²) in [6.45, 7) is 9.86. The van der Waals surface area contributed by atoms with Gasteiger partial charge < -0.3 is 10.6 Å². The molecule has 0 heterocycles. The number of nitrogens with two attached hydrogens (primary N) is 1. The van der Waals surface area contributed by atoms with E-state index in [0.29, 0.717) is 0 Å². The Bertz CT molecular complexity index is 137. The molecule has 0 aliphatic rings. The molecule has 0 rings (SSSR count). The predicted molar refractivity (Wildman–Crippen MR) is 55.2 cm³/mol. The van der Waals surface area contributed by atoms with Crippen LogP contribution in [0.1, 0.15) is 34.1 Å². The highest BCUT2D eigenvalue weighted by Gasteiger charge is 2.37. The van der Waals surface area contributed by atoms with Crippen LogP contribution in [-0.4, -0.2) is 31.1 Å². The van der Waals surface area contributed by atoms with Gasteiger partial charge in [0.05, 0.1) is 0 Å². The Morgan fingerprint density at radius 1 is 1.08 bits per heavy atom. The van der Waals surface area contributed by atoms with Gasteiger partial charge in [-0.05, 0) is 46.3 Å². The van der Waals surface area contributed by atoms with Crippen molar-refractivity contribution in [3.05, 3.63) is 0 Å². The standard InChI is InChI=1S/C10H24N2/c1-9(2,7-8-11)10(3,4)12(5)6/h7-8,11H2,1-6H3. The second-order valence-corrected chi connectivity index (χ2v) is 4.88. The van der Waals surface area contributed by atoms with E-state index in [1.54, 1.807) is 0 Å². The van der Waals surface area contributed by atoms with Gasteiger partial charge in [0, 0.05) is 5.54 Å². The van der Waals surface area contributed by atoms with Gasteiger partial charge in [-0.15, -0.1) is 0 Å². The molecule has 2 nitrogen and oxygen atoms in total. The second-order valence-electron chi connectivity index (χ2n) is 4.88. The predicted octanol–water partition coefficient (Wildman–Crippen LogP) is 1.70. The zero-order valence-electron chi connectivity index (χ0n) is 9.44. The van der Waals surface area contributed by atoms with Gasteiger partial charge in [-0.25, -0.2) is 0 Å². The summed E-state index contributed by atoms with van der Waals surface area (Å²) in [5, 5.41) is 0. The third kappa shape index (κ3) is 2.20. The van der Waals surface area contributed by atoms with Gasteiger partial charge in [-0.1, -0.05) is 13.8 Å². The van der Waals surface area contributed by atoms with Crippen LogP contribution < -0.4 is 5.73 Å². The average Bonchev–Trinajstić information content (AvgIpc) is 1.86. The first-order chi connectivity index (χ1) is 5.25. The van der Waals surface area contributed by atoms with Crippen LogP contribution in [0.3, 0.4) is 0 Å². The first-order valence-electron chi connectivity index (χ1n) is 4.63. The van der Waals surface area contributed by atoms with Crippen molar-refractivity contribution >= 4 is 0 Å². The molecule has 0 atom stereocenters. The minimum atomic E-state index is 0.201. The summed E-state index contributed by atoms with van der Waals surface area (Å²) in [5.41, 5.74) is 6.06. The average molecular weight is 172 g/mol. The lowest BCUT2D eigenvalue weighted by Gasteiger charge is -2.46. The van der Waals surface area contributed by atoms with E-state index >= 15 is 0 Å². The van der Waals surface area contributed by atoms with E-state index in [9.17, 15) is 0 Å². The van der Waals surface area contributed by atoms with Gasteiger partial charge in [0.2, 0.25) is 0 Å². The number of rotatable bonds is 4. The molecule has 2 heteroatoms. The van der Waals surface area contributed by atoms with Crippen LogP contribution in [0.5, 0.6) is 0 Å². The van der Waals surface area contributed by atoms with Crippen molar-refractivity contribution in [1.82, 2.24) is 4.90 Å². The van der Waals surface area contributed by atoms with Gasteiger partial charge in [-0.2, -0.15) is 0 Å². The maximum Gasteiger partial charge on any atom is 0.0198 e. The van der Waals surface area contributed by atoms with E-state index in [1.165, 1.54) is 0 Å². The second kappa shape index (κ2) is 3.75. The first kappa shape index (κ1) is 11.9. The van der Waals surface area contributed by atoms with Gasteiger partial charge in [0.1, 0.15) is 0 Å². The fourth-order valence-electron chi connectivity index (χ4n) is 1.27. The Labute approximate surface area is 77.1 Å². The molecule has 0 spiro atoms. The van der Waals surface area contributed by atoms with Crippen molar-refractivity contribution in [1.29, 1.82) is 0 Å². The quantitative estimate of drug-likeness (QED) is 0.699. The Hall–Kier alpha value is -0.0800. The van der Waals surface area contributed by atoms with E-state index in [-0.39, 0.29) is 11.0 Å². The Balaban J connectivity index is 4.50. The van der Waals surface area contributed by atoms with Crippen molar-refractivity contribution in [3.8, 4) is 0 Å². The van der Waals surface area contributed by atoms with Crippen LogP contribution in [0.25, 0.3) is 0 Å². The van der Waals surface area contributed by atoms with Crippen LogP contribution in [0.15, 0.2) is 0 Å². The van der Waals surface area contributed by atoms with Gasteiger partial charge in [0.25, 0.3) is 0 Å². The first-order valence-corrected chi connectivity index (χ1v) is 4.63. The van der Waals surface area contributed by atoms with E-state index in [2.05, 4.69) is 46.7 Å². The summed E-state index contributed by atoms with van der Waals surface area (Å²) in [7, 11) is 4.25. The number of hydrogen-bond donors (Lipinski definition) is 1. The molecule has 0 saturated carbocycles. The van der Waals surface area contributed by atoms with E-state index in [1.807, 2.05) is 0 Å². The molecule has 0 aromatic carbocycles. The minimum absolute atomic E-state index is 0.201. The van der Waals surface area contributed by atoms with E-state index < -0.39 is 0 Å². The molecule has 0 aromatic rings. The lowest BCUT2D eigenvalue weighted by Crippen LogP contribution is -2.51. The maximum atomic E-state index is 5.59. The molecular formula is C10H24N2. The minimum Gasteiger partial charge on any atom is -0.330 e. The lowest BCUT2D eigenvalue weighted by atomic mass is 9.71. The SMILES string of the molecule is CN(C)C(C)(C)C(C)(C)CCN. The molecule has 0 fully saturated rings. The number of hydrogen-bond acceptors (Lipinski definition) is 2. The van der Waals surface area contributed by atoms with Crippen LogP contribution in [0.2, 0.25) is 0 Å². The molecule has 0 bridgehead atoms. The summed E-state index contributed by atoms with van der Waals surface area (Å²) in [6.07, 6.45) is 1.07. The Morgan fingerprint density at radius 3 is 1.75 bits per heavy atom. The van der Waals surface area contributed by atoms with Crippen LogP contribution in [0.4, 0.5) is 0 Å². The molecule has 74 valence electrons. The van der Waals surface area contributed by atoms with Crippen LogP contribution >= 0.6 is 0 Å². The molecule has 12 heavy (non-hydrogen) atoms. The summed E-state index contributed by atoms with van der Waals surface area (Å²) in [5.74, 6) is 0. The van der Waals surface area contributed by atoms with E-state index in [0.717, 1.165) is 13.0 Å². The molecule has 2 N–H and O–H groups in total. The van der Waals surface area contributed by atoms with Crippen molar-refractivity contribution in [2.45, 2.75) is 39.7 Å². The fraction of sp³-hybridized carbons (Fsp3) is 1.00. The smallest absolute Gasteiger partial charge is 0.0198 e. The normalized spacial score (nSPS) is 14.0. The molecular weight excluding hydrogens is 148 g/mol. The summed E-state index contributed by atoms with van der Waals surface area (Å²) in [4.78, 5) is 2.27. The van der Waals surface area contributed by atoms with Gasteiger partial charge in [-0.3, -0.25) is 0 Å².